The number of aromatic nitrogens is 3. The Labute approximate surface area is 142 Å². The van der Waals surface area contributed by atoms with Crippen molar-refractivity contribution in [1.82, 2.24) is 15.0 Å². The topological polar surface area (TPSA) is 47.9 Å². The molecule has 0 bridgehead atoms. The minimum atomic E-state index is -1.75. The van der Waals surface area contributed by atoms with E-state index in [0.717, 1.165) is 16.3 Å². The highest BCUT2D eigenvalue weighted by Crippen LogP contribution is 2.37. The first-order valence-electron chi connectivity index (χ1n) is 6.34. The molecule has 0 aliphatic rings. The lowest BCUT2D eigenvalue weighted by Crippen LogP contribution is -2.11. The zero-order chi connectivity index (χ0) is 15.7. The second kappa shape index (κ2) is 5.88. The Morgan fingerprint density at radius 3 is 2.36 bits per heavy atom. The second-order valence-electron chi connectivity index (χ2n) is 4.49. The third-order valence-corrected chi connectivity index (χ3v) is 3.59. The van der Waals surface area contributed by atoms with Crippen molar-refractivity contribution < 1.29 is 4.74 Å². The molecular weight excluding hydrogens is 345 g/mol. The number of methoxy groups -OCH3 is 1. The van der Waals surface area contributed by atoms with Crippen molar-refractivity contribution in [3.05, 3.63) is 48.3 Å². The van der Waals surface area contributed by atoms with Crippen LogP contribution in [0.2, 0.25) is 0 Å². The zero-order valence-corrected chi connectivity index (χ0v) is 13.7. The summed E-state index contributed by atoms with van der Waals surface area (Å²) in [6.45, 7) is 0. The summed E-state index contributed by atoms with van der Waals surface area (Å²) in [6, 6.07) is 13.8. The van der Waals surface area contributed by atoms with E-state index >= 15 is 0 Å². The van der Waals surface area contributed by atoms with Crippen LogP contribution in [0, 0.1) is 0 Å². The number of benzene rings is 2. The molecule has 0 fully saturated rings. The minimum absolute atomic E-state index is 0.0206. The van der Waals surface area contributed by atoms with Crippen molar-refractivity contribution in [3.8, 4) is 17.4 Å². The Balaban J connectivity index is 2.26. The summed E-state index contributed by atoms with van der Waals surface area (Å²) in [7, 11) is 1.45. The Kier molecular flexibility index (Phi) is 4.08. The maximum Gasteiger partial charge on any atom is 0.320 e. The maximum atomic E-state index is 5.89. The van der Waals surface area contributed by atoms with Crippen LogP contribution in [0.3, 0.4) is 0 Å². The van der Waals surface area contributed by atoms with Gasteiger partial charge in [-0.1, -0.05) is 77.3 Å². The van der Waals surface area contributed by atoms with E-state index in [2.05, 4.69) is 15.0 Å². The van der Waals surface area contributed by atoms with Gasteiger partial charge in [0, 0.05) is 5.56 Å². The maximum absolute atomic E-state index is 5.89. The summed E-state index contributed by atoms with van der Waals surface area (Å²) < 4.78 is 3.33. The van der Waals surface area contributed by atoms with Crippen LogP contribution in [0.1, 0.15) is 5.82 Å². The summed E-state index contributed by atoms with van der Waals surface area (Å²) >= 11 is 17.7. The van der Waals surface area contributed by atoms with E-state index in [0.29, 0.717) is 5.82 Å². The average molecular weight is 355 g/mol. The van der Waals surface area contributed by atoms with E-state index in [1.807, 2.05) is 42.5 Å². The predicted molar refractivity (Wildman–Crippen MR) is 88.6 cm³/mol. The van der Waals surface area contributed by atoms with Gasteiger partial charge >= 0.3 is 6.01 Å². The molecule has 22 heavy (non-hydrogen) atoms. The third kappa shape index (κ3) is 2.95. The number of ether oxygens (including phenoxy) is 1. The van der Waals surface area contributed by atoms with Gasteiger partial charge in [-0.05, 0) is 10.8 Å². The third-order valence-electron chi connectivity index (χ3n) is 3.08. The van der Waals surface area contributed by atoms with E-state index in [-0.39, 0.29) is 11.8 Å². The normalized spacial score (nSPS) is 11.6. The molecule has 1 aromatic heterocycles. The largest absolute Gasteiger partial charge is 0.467 e. The van der Waals surface area contributed by atoms with Gasteiger partial charge < -0.3 is 4.74 Å². The van der Waals surface area contributed by atoms with Gasteiger partial charge in [-0.15, -0.1) is 0 Å². The van der Waals surface area contributed by atoms with Gasteiger partial charge in [0.2, 0.25) is 3.79 Å². The second-order valence-corrected chi connectivity index (χ2v) is 6.78. The van der Waals surface area contributed by atoms with Crippen molar-refractivity contribution in [2.24, 2.45) is 0 Å². The smallest absolute Gasteiger partial charge is 0.320 e. The molecule has 0 saturated heterocycles. The fourth-order valence-electron chi connectivity index (χ4n) is 2.12. The summed E-state index contributed by atoms with van der Waals surface area (Å²) in [5.74, 6) is 0.414. The molecule has 0 spiro atoms. The van der Waals surface area contributed by atoms with Crippen molar-refractivity contribution in [1.29, 1.82) is 0 Å². The Hall–Kier alpha value is -1.62. The van der Waals surface area contributed by atoms with Gasteiger partial charge in [0.05, 0.1) is 7.11 Å². The fourth-order valence-corrected chi connectivity index (χ4v) is 2.37. The van der Waals surface area contributed by atoms with Crippen molar-refractivity contribution in [2.75, 3.05) is 7.11 Å². The van der Waals surface area contributed by atoms with Gasteiger partial charge in [0.1, 0.15) is 0 Å². The molecule has 0 N–H and O–H groups in total. The van der Waals surface area contributed by atoms with Crippen molar-refractivity contribution in [3.63, 3.8) is 0 Å². The van der Waals surface area contributed by atoms with Crippen molar-refractivity contribution in [2.45, 2.75) is 3.79 Å². The van der Waals surface area contributed by atoms with Gasteiger partial charge in [-0.3, -0.25) is 0 Å². The molecule has 0 aliphatic carbocycles. The summed E-state index contributed by atoms with van der Waals surface area (Å²) in [4.78, 5) is 12.5. The molecule has 0 unspecified atom stereocenters. The number of rotatable bonds is 2. The lowest BCUT2D eigenvalue weighted by atomic mass is 10.0. The SMILES string of the molecule is COc1nc(-c2cccc3ccccc23)nc(C(Cl)(Cl)Cl)n1. The van der Waals surface area contributed by atoms with Crippen molar-refractivity contribution >= 4 is 45.6 Å². The van der Waals surface area contributed by atoms with Crippen LogP contribution in [-0.2, 0) is 3.79 Å². The van der Waals surface area contributed by atoms with Crippen LogP contribution in [0.25, 0.3) is 22.2 Å². The number of alkyl halides is 3. The Morgan fingerprint density at radius 1 is 0.909 bits per heavy atom. The number of halogens is 3. The van der Waals surface area contributed by atoms with Crippen LogP contribution >= 0.6 is 34.8 Å². The lowest BCUT2D eigenvalue weighted by molar-refractivity contribution is 0.376. The molecule has 0 saturated carbocycles. The highest BCUT2D eigenvalue weighted by atomic mass is 35.6. The van der Waals surface area contributed by atoms with Crippen LogP contribution in [0.4, 0.5) is 0 Å². The van der Waals surface area contributed by atoms with Crippen LogP contribution in [0.5, 0.6) is 6.01 Å². The Morgan fingerprint density at radius 2 is 1.64 bits per heavy atom. The molecule has 0 atom stereocenters. The standard InChI is InChI=1S/C15H10Cl3N3O/c1-22-14-20-12(19-13(21-14)15(16,17)18)11-8-4-6-9-5-2-3-7-10(9)11/h2-8H,1H3. The van der Waals surface area contributed by atoms with Crippen LogP contribution in [-0.4, -0.2) is 22.1 Å². The van der Waals surface area contributed by atoms with E-state index in [1.54, 1.807) is 0 Å². The van der Waals surface area contributed by atoms with E-state index < -0.39 is 3.79 Å². The molecule has 0 amide bonds. The van der Waals surface area contributed by atoms with Crippen LogP contribution < -0.4 is 4.74 Å². The van der Waals surface area contributed by atoms with E-state index in [4.69, 9.17) is 39.5 Å². The van der Waals surface area contributed by atoms with Gasteiger partial charge in [0.25, 0.3) is 0 Å². The lowest BCUT2D eigenvalue weighted by Gasteiger charge is -2.12. The molecule has 0 radical (unpaired) electrons. The summed E-state index contributed by atoms with van der Waals surface area (Å²) in [6.07, 6.45) is 0. The molecule has 0 aliphatic heterocycles. The quantitative estimate of drug-likeness (QED) is 0.635. The zero-order valence-electron chi connectivity index (χ0n) is 11.4. The van der Waals surface area contributed by atoms with Gasteiger partial charge in [-0.2, -0.15) is 9.97 Å². The first-order chi connectivity index (χ1) is 10.5. The first-order valence-corrected chi connectivity index (χ1v) is 7.48. The molecule has 7 heteroatoms. The highest BCUT2D eigenvalue weighted by Gasteiger charge is 2.29. The number of hydrogen-bond acceptors (Lipinski definition) is 4. The number of nitrogens with zero attached hydrogens (tertiary/aromatic N) is 3. The minimum Gasteiger partial charge on any atom is -0.467 e. The average Bonchev–Trinajstić information content (AvgIpc) is 2.53. The Bertz CT molecular complexity index is 828. The predicted octanol–water partition coefficient (Wildman–Crippen LogP) is 4.53. The summed E-state index contributed by atoms with van der Waals surface area (Å²) in [5.41, 5.74) is 0.814. The summed E-state index contributed by atoms with van der Waals surface area (Å²) in [5, 5.41) is 2.06. The highest BCUT2D eigenvalue weighted by molar-refractivity contribution is 6.66. The number of hydrogen-bond donors (Lipinski definition) is 0. The van der Waals surface area contributed by atoms with Gasteiger partial charge in [0.15, 0.2) is 11.6 Å². The van der Waals surface area contributed by atoms with Crippen LogP contribution in [0.15, 0.2) is 42.5 Å². The molecule has 3 rings (SSSR count). The monoisotopic (exact) mass is 353 g/mol. The first kappa shape index (κ1) is 15.3. The molecular formula is C15H10Cl3N3O. The molecule has 3 aromatic rings. The van der Waals surface area contributed by atoms with E-state index in [1.165, 1.54) is 7.11 Å². The van der Waals surface area contributed by atoms with Gasteiger partial charge in [-0.25, -0.2) is 4.98 Å². The molecule has 2 aromatic carbocycles. The van der Waals surface area contributed by atoms with E-state index in [9.17, 15) is 0 Å². The molecule has 1 heterocycles. The molecule has 112 valence electrons. The number of fused-ring (bicyclic) bond motifs is 1. The fraction of sp³-hybridized carbons (Fsp3) is 0.133. The molecule has 4 nitrogen and oxygen atoms in total.